The van der Waals surface area contributed by atoms with Crippen LogP contribution in [0.25, 0.3) is 5.69 Å². The maximum Gasteiger partial charge on any atom is 0.227 e. The molecule has 7 heteroatoms. The molecule has 1 heterocycles. The zero-order valence-electron chi connectivity index (χ0n) is 21.0. The Bertz CT molecular complexity index is 1050. The highest BCUT2D eigenvalue weighted by molar-refractivity contribution is 5.44. The predicted molar refractivity (Wildman–Crippen MR) is 137 cm³/mol. The Morgan fingerprint density at radius 2 is 1.80 bits per heavy atom. The molecule has 1 aromatic heterocycles. The monoisotopic (exact) mass is 479 g/mol. The fourth-order valence-corrected chi connectivity index (χ4v) is 4.10. The first kappa shape index (κ1) is 25.2. The molecule has 0 radical (unpaired) electrons. The van der Waals surface area contributed by atoms with E-state index in [9.17, 15) is 5.11 Å². The van der Waals surface area contributed by atoms with E-state index in [1.807, 2.05) is 66.2 Å². The third-order valence-corrected chi connectivity index (χ3v) is 6.23. The van der Waals surface area contributed by atoms with Gasteiger partial charge in [-0.15, -0.1) is 0 Å². The van der Waals surface area contributed by atoms with Crippen molar-refractivity contribution in [1.29, 1.82) is 0 Å². The molecule has 35 heavy (non-hydrogen) atoms. The van der Waals surface area contributed by atoms with Crippen LogP contribution in [-0.2, 0) is 11.3 Å². The summed E-state index contributed by atoms with van der Waals surface area (Å²) in [7, 11) is 1.65. The molecule has 4 rings (SSSR count). The molecule has 0 bridgehead atoms. The van der Waals surface area contributed by atoms with Crippen molar-refractivity contribution < 1.29 is 19.3 Å². The highest BCUT2D eigenvalue weighted by atomic mass is 16.5. The van der Waals surface area contributed by atoms with Crippen molar-refractivity contribution in [3.8, 4) is 23.1 Å². The van der Waals surface area contributed by atoms with Gasteiger partial charge < -0.3 is 19.3 Å². The molecule has 1 saturated carbocycles. The number of rotatable bonds is 14. The molecule has 1 aliphatic rings. The largest absolute Gasteiger partial charge is 0.497 e. The molecule has 1 N–H and O–H groups in total. The molecular weight excluding hydrogens is 442 g/mol. The molecule has 188 valence electrons. The molecule has 1 aliphatic carbocycles. The quantitative estimate of drug-likeness (QED) is 0.324. The molecule has 2 aromatic carbocycles. The second-order valence-corrected chi connectivity index (χ2v) is 9.14. The number of aliphatic hydroxyl groups is 1. The Kier molecular flexibility index (Phi) is 8.79. The van der Waals surface area contributed by atoms with Gasteiger partial charge in [0.1, 0.15) is 11.5 Å². The maximum absolute atomic E-state index is 10.6. The fraction of sp³-hybridized carbons (Fsp3) is 0.464. The zero-order valence-corrected chi connectivity index (χ0v) is 21.0. The average molecular weight is 480 g/mol. The van der Waals surface area contributed by atoms with Crippen molar-refractivity contribution in [3.05, 3.63) is 65.9 Å². The van der Waals surface area contributed by atoms with Gasteiger partial charge >= 0.3 is 0 Å². The number of para-hydroxylation sites is 1. The molecule has 7 nitrogen and oxygen atoms in total. The number of nitrogens with zero attached hydrogens (tertiary/aromatic N) is 3. The van der Waals surface area contributed by atoms with Crippen molar-refractivity contribution in [3.63, 3.8) is 0 Å². The lowest BCUT2D eigenvalue weighted by atomic mass is 10.2. The highest BCUT2D eigenvalue weighted by Gasteiger charge is 2.32. The lowest BCUT2D eigenvalue weighted by molar-refractivity contribution is 0.0127. The lowest BCUT2D eigenvalue weighted by Crippen LogP contribution is -2.36. The van der Waals surface area contributed by atoms with Crippen molar-refractivity contribution in [2.75, 3.05) is 26.9 Å². The number of benzene rings is 2. The predicted octanol–water partition coefficient (Wildman–Crippen LogP) is 5.12. The van der Waals surface area contributed by atoms with Crippen molar-refractivity contribution >= 4 is 0 Å². The summed E-state index contributed by atoms with van der Waals surface area (Å²) in [5.74, 6) is 2.19. The van der Waals surface area contributed by atoms with Crippen LogP contribution in [0, 0.1) is 6.92 Å². The number of unbranched alkanes of at least 4 members (excludes halogenated alkanes) is 1. The second kappa shape index (κ2) is 12.2. The van der Waals surface area contributed by atoms with E-state index in [2.05, 4.69) is 11.8 Å². The van der Waals surface area contributed by atoms with Gasteiger partial charge in [0.05, 0.1) is 36.8 Å². The Morgan fingerprint density at radius 3 is 2.46 bits per heavy atom. The first-order valence-corrected chi connectivity index (χ1v) is 12.5. The van der Waals surface area contributed by atoms with Gasteiger partial charge in [0.15, 0.2) is 0 Å². The fourth-order valence-electron chi connectivity index (χ4n) is 4.10. The van der Waals surface area contributed by atoms with Gasteiger partial charge in [-0.1, -0.05) is 31.5 Å². The Balaban J connectivity index is 1.58. The van der Waals surface area contributed by atoms with Crippen LogP contribution in [0.1, 0.15) is 43.9 Å². The van der Waals surface area contributed by atoms with E-state index >= 15 is 0 Å². The summed E-state index contributed by atoms with van der Waals surface area (Å²) >= 11 is 0. The van der Waals surface area contributed by atoms with Crippen LogP contribution in [0.3, 0.4) is 0 Å². The van der Waals surface area contributed by atoms with Crippen molar-refractivity contribution in [2.24, 2.45) is 0 Å². The number of hydrogen-bond donors (Lipinski definition) is 1. The molecule has 0 amide bonds. The van der Waals surface area contributed by atoms with Crippen LogP contribution in [0.15, 0.2) is 54.6 Å². The Labute approximate surface area is 208 Å². The van der Waals surface area contributed by atoms with Crippen LogP contribution >= 0.6 is 0 Å². The number of hydrogen-bond acceptors (Lipinski definition) is 6. The Hall–Kier alpha value is -2.87. The average Bonchev–Trinajstić information content (AvgIpc) is 3.69. The van der Waals surface area contributed by atoms with Crippen LogP contribution in [0.2, 0.25) is 0 Å². The van der Waals surface area contributed by atoms with E-state index in [0.29, 0.717) is 44.0 Å². The summed E-state index contributed by atoms with van der Waals surface area (Å²) in [5.41, 5.74) is 2.88. The van der Waals surface area contributed by atoms with Crippen LogP contribution in [-0.4, -0.2) is 58.8 Å². The highest BCUT2D eigenvalue weighted by Crippen LogP contribution is 2.35. The number of aliphatic hydroxyl groups excluding tert-OH is 1. The summed E-state index contributed by atoms with van der Waals surface area (Å²) in [6.45, 7) is 6.43. The van der Waals surface area contributed by atoms with E-state index in [0.717, 1.165) is 48.4 Å². The summed E-state index contributed by atoms with van der Waals surface area (Å²) in [6.07, 6.45) is 3.87. The molecule has 3 aromatic rings. The number of aromatic nitrogens is 2. The van der Waals surface area contributed by atoms with E-state index in [-0.39, 0.29) is 0 Å². The summed E-state index contributed by atoms with van der Waals surface area (Å²) in [6, 6.07) is 18.1. The molecule has 1 atom stereocenters. The minimum Gasteiger partial charge on any atom is -0.497 e. The molecule has 0 saturated heterocycles. The van der Waals surface area contributed by atoms with E-state index < -0.39 is 6.10 Å². The van der Waals surface area contributed by atoms with Crippen molar-refractivity contribution in [1.82, 2.24) is 14.7 Å². The van der Waals surface area contributed by atoms with Crippen LogP contribution in [0.5, 0.6) is 17.4 Å². The van der Waals surface area contributed by atoms with E-state index in [1.54, 1.807) is 7.11 Å². The standard InChI is InChI=1S/C28H37N3O4/c1-4-5-17-34-20-24(32)18-30(22-11-12-22)19-27-21(2)29-31(23-9-7-6-8-10-23)28(27)35-26-15-13-25(33-3)14-16-26/h6-10,13-16,22,24,32H,4-5,11-12,17-20H2,1-3H3/t24-/m1/s1. The molecular formula is C28H37N3O4. The topological polar surface area (TPSA) is 69.0 Å². The van der Waals surface area contributed by atoms with Gasteiger partial charge in [-0.3, -0.25) is 4.90 Å². The van der Waals surface area contributed by atoms with Gasteiger partial charge in [0.2, 0.25) is 5.88 Å². The number of methoxy groups -OCH3 is 1. The zero-order chi connectivity index (χ0) is 24.6. The minimum absolute atomic E-state index is 0.362. The van der Waals surface area contributed by atoms with Gasteiger partial charge in [-0.2, -0.15) is 5.10 Å². The van der Waals surface area contributed by atoms with Crippen molar-refractivity contribution in [2.45, 2.75) is 58.2 Å². The summed E-state index contributed by atoms with van der Waals surface area (Å²) in [5, 5.41) is 15.5. The third-order valence-electron chi connectivity index (χ3n) is 6.23. The third kappa shape index (κ3) is 6.84. The SMILES string of the molecule is CCCCOC[C@H](O)CN(Cc1c(C)nn(-c2ccccc2)c1Oc1ccc(OC)cc1)C1CC1. The summed E-state index contributed by atoms with van der Waals surface area (Å²) < 4.78 is 19.3. The first-order valence-electron chi connectivity index (χ1n) is 12.5. The second-order valence-electron chi connectivity index (χ2n) is 9.14. The van der Waals surface area contributed by atoms with Gasteiger partial charge in [-0.05, 0) is 62.6 Å². The number of aryl methyl sites for hydroxylation is 1. The summed E-state index contributed by atoms with van der Waals surface area (Å²) in [4.78, 5) is 2.34. The molecule has 0 spiro atoms. The van der Waals surface area contributed by atoms with Crippen LogP contribution < -0.4 is 9.47 Å². The van der Waals surface area contributed by atoms with Crippen LogP contribution in [0.4, 0.5) is 0 Å². The Morgan fingerprint density at radius 1 is 1.09 bits per heavy atom. The number of ether oxygens (including phenoxy) is 3. The lowest BCUT2D eigenvalue weighted by Gasteiger charge is -2.25. The van der Waals surface area contributed by atoms with Gasteiger partial charge in [0.25, 0.3) is 0 Å². The maximum atomic E-state index is 10.6. The van der Waals surface area contributed by atoms with E-state index in [1.165, 1.54) is 0 Å². The molecule has 0 aliphatic heterocycles. The normalized spacial score (nSPS) is 14.3. The minimum atomic E-state index is -0.525. The molecule has 0 unspecified atom stereocenters. The first-order chi connectivity index (χ1) is 17.1. The van der Waals surface area contributed by atoms with Gasteiger partial charge in [0, 0.05) is 25.7 Å². The molecule has 1 fully saturated rings. The van der Waals surface area contributed by atoms with E-state index in [4.69, 9.17) is 19.3 Å². The smallest absolute Gasteiger partial charge is 0.227 e. The van der Waals surface area contributed by atoms with Gasteiger partial charge in [-0.25, -0.2) is 4.68 Å².